The van der Waals surface area contributed by atoms with Gasteiger partial charge in [-0.15, -0.1) is 0 Å². The third kappa shape index (κ3) is 5.07. The molecule has 1 aromatic heterocycles. The van der Waals surface area contributed by atoms with Gasteiger partial charge in [-0.05, 0) is 36.4 Å². The van der Waals surface area contributed by atoms with E-state index in [1.165, 1.54) is 0 Å². The first-order valence-corrected chi connectivity index (χ1v) is 10.6. The number of ether oxygens (including phenoxy) is 2. The Hall–Kier alpha value is -2.87. The van der Waals surface area contributed by atoms with Gasteiger partial charge in [-0.3, -0.25) is 9.69 Å². The van der Waals surface area contributed by atoms with Gasteiger partial charge in [-0.1, -0.05) is 29.8 Å². The number of amides is 1. The number of rotatable bonds is 7. The van der Waals surface area contributed by atoms with Gasteiger partial charge in [0, 0.05) is 31.7 Å². The van der Waals surface area contributed by atoms with Crippen molar-refractivity contribution in [3.8, 4) is 22.7 Å². The lowest BCUT2D eigenvalue weighted by Gasteiger charge is -2.26. The SMILES string of the molecule is COc1ccc(-n2nc(-c3ccccc3Cl)cc2C(=O)NCCN2CCOCC2)cc1. The Morgan fingerprint density at radius 1 is 1.16 bits per heavy atom. The molecular weight excluding hydrogens is 416 g/mol. The normalized spacial score (nSPS) is 14.4. The number of carbonyl (C=O) groups excluding carboxylic acids is 1. The van der Waals surface area contributed by atoms with Gasteiger partial charge in [0.25, 0.3) is 5.91 Å². The molecule has 0 atom stereocenters. The summed E-state index contributed by atoms with van der Waals surface area (Å²) in [7, 11) is 1.62. The molecule has 1 amide bonds. The quantitative estimate of drug-likeness (QED) is 0.610. The highest BCUT2D eigenvalue weighted by Gasteiger charge is 2.19. The van der Waals surface area contributed by atoms with Crippen LogP contribution in [0.4, 0.5) is 0 Å². The number of methoxy groups -OCH3 is 1. The Balaban J connectivity index is 1.59. The molecule has 1 aliphatic rings. The van der Waals surface area contributed by atoms with Crippen molar-refractivity contribution in [3.63, 3.8) is 0 Å². The number of carbonyl (C=O) groups is 1. The summed E-state index contributed by atoms with van der Waals surface area (Å²) in [5.74, 6) is 0.550. The van der Waals surface area contributed by atoms with Crippen LogP contribution < -0.4 is 10.1 Å². The molecule has 2 aromatic carbocycles. The van der Waals surface area contributed by atoms with Crippen molar-refractivity contribution >= 4 is 17.5 Å². The number of nitrogens with zero attached hydrogens (tertiary/aromatic N) is 3. The Morgan fingerprint density at radius 2 is 1.90 bits per heavy atom. The molecule has 0 bridgehead atoms. The molecule has 1 saturated heterocycles. The van der Waals surface area contributed by atoms with E-state index in [1.54, 1.807) is 17.9 Å². The first kappa shape index (κ1) is 21.4. The molecule has 1 N–H and O–H groups in total. The first-order chi connectivity index (χ1) is 15.2. The summed E-state index contributed by atoms with van der Waals surface area (Å²) < 4.78 is 12.3. The average molecular weight is 441 g/mol. The van der Waals surface area contributed by atoms with E-state index in [1.807, 2.05) is 48.5 Å². The topological polar surface area (TPSA) is 68.6 Å². The zero-order valence-electron chi connectivity index (χ0n) is 17.4. The van der Waals surface area contributed by atoms with Crippen molar-refractivity contribution in [3.05, 3.63) is 65.3 Å². The summed E-state index contributed by atoms with van der Waals surface area (Å²) in [5.41, 5.74) is 2.62. The fourth-order valence-electron chi connectivity index (χ4n) is 3.51. The zero-order chi connectivity index (χ0) is 21.6. The van der Waals surface area contributed by atoms with Crippen LogP contribution in [0, 0.1) is 0 Å². The van der Waals surface area contributed by atoms with E-state index in [2.05, 4.69) is 15.3 Å². The molecule has 0 unspecified atom stereocenters. The molecule has 2 heterocycles. The monoisotopic (exact) mass is 440 g/mol. The van der Waals surface area contributed by atoms with Crippen molar-refractivity contribution < 1.29 is 14.3 Å². The molecule has 31 heavy (non-hydrogen) atoms. The summed E-state index contributed by atoms with van der Waals surface area (Å²) in [5, 5.41) is 8.29. The van der Waals surface area contributed by atoms with E-state index in [-0.39, 0.29) is 5.91 Å². The third-order valence-electron chi connectivity index (χ3n) is 5.23. The van der Waals surface area contributed by atoms with Gasteiger partial charge in [0.1, 0.15) is 11.4 Å². The highest BCUT2D eigenvalue weighted by Crippen LogP contribution is 2.28. The minimum atomic E-state index is -0.185. The summed E-state index contributed by atoms with van der Waals surface area (Å²) in [4.78, 5) is 15.3. The van der Waals surface area contributed by atoms with Crippen LogP contribution >= 0.6 is 11.6 Å². The van der Waals surface area contributed by atoms with Gasteiger partial charge in [-0.2, -0.15) is 5.10 Å². The van der Waals surface area contributed by atoms with Crippen LogP contribution in [0.3, 0.4) is 0 Å². The van der Waals surface area contributed by atoms with Gasteiger partial charge < -0.3 is 14.8 Å². The van der Waals surface area contributed by atoms with E-state index in [0.29, 0.717) is 23.0 Å². The molecule has 3 aromatic rings. The Labute approximate surface area is 186 Å². The van der Waals surface area contributed by atoms with Crippen molar-refractivity contribution in [2.45, 2.75) is 0 Å². The van der Waals surface area contributed by atoms with E-state index < -0.39 is 0 Å². The number of benzene rings is 2. The predicted molar refractivity (Wildman–Crippen MR) is 120 cm³/mol. The minimum absolute atomic E-state index is 0.185. The lowest BCUT2D eigenvalue weighted by molar-refractivity contribution is 0.0383. The van der Waals surface area contributed by atoms with Crippen molar-refractivity contribution in [2.75, 3.05) is 46.5 Å². The van der Waals surface area contributed by atoms with Crippen LogP contribution in [-0.2, 0) is 4.74 Å². The highest BCUT2D eigenvalue weighted by atomic mass is 35.5. The maximum absolute atomic E-state index is 13.1. The molecule has 4 rings (SSSR count). The van der Waals surface area contributed by atoms with Gasteiger partial charge in [-0.25, -0.2) is 4.68 Å². The summed E-state index contributed by atoms with van der Waals surface area (Å²) in [6, 6.07) is 16.7. The van der Waals surface area contributed by atoms with Crippen LogP contribution in [0.2, 0.25) is 5.02 Å². The Bertz CT molecular complexity index is 1030. The van der Waals surface area contributed by atoms with E-state index in [9.17, 15) is 4.79 Å². The van der Waals surface area contributed by atoms with E-state index in [0.717, 1.165) is 49.8 Å². The van der Waals surface area contributed by atoms with Crippen molar-refractivity contribution in [1.82, 2.24) is 20.0 Å². The van der Waals surface area contributed by atoms with E-state index in [4.69, 9.17) is 21.1 Å². The molecule has 0 saturated carbocycles. The summed E-state index contributed by atoms with van der Waals surface area (Å²) in [6.45, 7) is 4.57. The molecule has 7 nitrogen and oxygen atoms in total. The van der Waals surface area contributed by atoms with Crippen LogP contribution in [-0.4, -0.2) is 67.1 Å². The maximum Gasteiger partial charge on any atom is 0.270 e. The van der Waals surface area contributed by atoms with Crippen LogP contribution in [0.25, 0.3) is 16.9 Å². The fraction of sp³-hybridized carbons (Fsp3) is 0.304. The second-order valence-electron chi connectivity index (χ2n) is 7.21. The average Bonchev–Trinajstić information content (AvgIpc) is 3.25. The molecule has 162 valence electrons. The largest absolute Gasteiger partial charge is 0.497 e. The lowest BCUT2D eigenvalue weighted by Crippen LogP contribution is -2.41. The van der Waals surface area contributed by atoms with Crippen LogP contribution in [0.1, 0.15) is 10.5 Å². The smallest absolute Gasteiger partial charge is 0.270 e. The summed E-state index contributed by atoms with van der Waals surface area (Å²) in [6.07, 6.45) is 0. The van der Waals surface area contributed by atoms with Gasteiger partial charge in [0.15, 0.2) is 0 Å². The Kier molecular flexibility index (Phi) is 6.86. The summed E-state index contributed by atoms with van der Waals surface area (Å²) >= 11 is 6.37. The standard InChI is InChI=1S/C23H25ClN4O3/c1-30-18-8-6-17(7-9-18)28-22(16-21(26-28)19-4-2-3-5-20(19)24)23(29)25-10-11-27-12-14-31-15-13-27/h2-9,16H,10-15H2,1H3,(H,25,29). The molecule has 8 heteroatoms. The number of aromatic nitrogens is 2. The van der Waals surface area contributed by atoms with Crippen molar-refractivity contribution in [1.29, 1.82) is 0 Å². The number of halogens is 1. The number of hydrogen-bond acceptors (Lipinski definition) is 5. The molecule has 0 spiro atoms. The van der Waals surface area contributed by atoms with Crippen LogP contribution in [0.15, 0.2) is 54.6 Å². The molecule has 1 aliphatic heterocycles. The van der Waals surface area contributed by atoms with Gasteiger partial charge in [0.2, 0.25) is 0 Å². The molecule has 0 radical (unpaired) electrons. The number of nitrogens with one attached hydrogen (secondary N) is 1. The number of hydrogen-bond donors (Lipinski definition) is 1. The second kappa shape index (κ2) is 9.96. The van der Waals surface area contributed by atoms with Crippen LogP contribution in [0.5, 0.6) is 5.75 Å². The predicted octanol–water partition coefficient (Wildman–Crippen LogP) is 3.26. The first-order valence-electron chi connectivity index (χ1n) is 10.2. The minimum Gasteiger partial charge on any atom is -0.497 e. The fourth-order valence-corrected chi connectivity index (χ4v) is 3.74. The second-order valence-corrected chi connectivity index (χ2v) is 7.62. The molecule has 1 fully saturated rings. The van der Waals surface area contributed by atoms with Gasteiger partial charge in [0.05, 0.1) is 36.7 Å². The zero-order valence-corrected chi connectivity index (χ0v) is 18.1. The van der Waals surface area contributed by atoms with Crippen molar-refractivity contribution in [2.24, 2.45) is 0 Å². The molecular formula is C23H25ClN4O3. The Morgan fingerprint density at radius 3 is 2.61 bits per heavy atom. The molecule has 0 aliphatic carbocycles. The lowest BCUT2D eigenvalue weighted by atomic mass is 10.1. The van der Waals surface area contributed by atoms with Gasteiger partial charge >= 0.3 is 0 Å². The van der Waals surface area contributed by atoms with E-state index >= 15 is 0 Å². The third-order valence-corrected chi connectivity index (χ3v) is 5.56. The maximum atomic E-state index is 13.1. The number of morpholine rings is 1. The highest BCUT2D eigenvalue weighted by molar-refractivity contribution is 6.33.